The van der Waals surface area contributed by atoms with Crippen molar-refractivity contribution in [2.24, 2.45) is 0 Å². The summed E-state index contributed by atoms with van der Waals surface area (Å²) in [6.07, 6.45) is 3.90. The van der Waals surface area contributed by atoms with E-state index in [0.29, 0.717) is 17.9 Å². The van der Waals surface area contributed by atoms with Crippen molar-refractivity contribution in [2.75, 3.05) is 13.7 Å². The summed E-state index contributed by atoms with van der Waals surface area (Å²) in [5, 5.41) is 0. The molecule has 0 amide bonds. The highest BCUT2D eigenvalue weighted by atomic mass is 16.5. The third-order valence-corrected chi connectivity index (χ3v) is 7.02. The predicted molar refractivity (Wildman–Crippen MR) is 147 cm³/mol. The van der Waals surface area contributed by atoms with Crippen molar-refractivity contribution in [2.45, 2.75) is 86.2 Å². The highest BCUT2D eigenvalue weighted by Gasteiger charge is 2.22. The van der Waals surface area contributed by atoms with Gasteiger partial charge in [-0.25, -0.2) is 15.0 Å². The Morgan fingerprint density at radius 2 is 1.72 bits per heavy atom. The molecule has 4 aromatic rings. The standard InChI is InChI=1S/C29H39N5O2/c1-10-20(15-36-9)33-14-19(8)27-24(33)12-18(7)26(32-27)21-13-23-28(31-22(21)11-2)34(17(5)6)29(35)25(30-23)16(3)4/h12-14,16-17,20H,10-11,15H2,1-9H3/t20-/m1/s1. The molecule has 0 aliphatic rings. The quantitative estimate of drug-likeness (QED) is 0.291. The molecule has 1 atom stereocenters. The Bertz CT molecular complexity index is 1480. The fraction of sp³-hybridized carbons (Fsp3) is 0.517. The predicted octanol–water partition coefficient (Wildman–Crippen LogP) is 6.29. The number of nitrogens with zero attached hydrogens (tertiary/aromatic N) is 5. The second kappa shape index (κ2) is 10.1. The molecule has 4 aromatic heterocycles. The molecule has 0 saturated carbocycles. The van der Waals surface area contributed by atoms with Crippen LogP contribution >= 0.6 is 0 Å². The zero-order chi connectivity index (χ0) is 26.3. The van der Waals surface area contributed by atoms with Gasteiger partial charge in [0.15, 0.2) is 5.65 Å². The molecule has 0 N–H and O–H groups in total. The third kappa shape index (κ3) is 4.34. The number of methoxy groups -OCH3 is 1. The molecule has 0 aliphatic heterocycles. The van der Waals surface area contributed by atoms with Gasteiger partial charge in [-0.1, -0.05) is 27.7 Å². The molecule has 0 spiro atoms. The Kier molecular flexibility index (Phi) is 7.32. The largest absolute Gasteiger partial charge is 0.383 e. The fourth-order valence-electron chi connectivity index (χ4n) is 5.10. The van der Waals surface area contributed by atoms with Gasteiger partial charge in [-0.2, -0.15) is 0 Å². The summed E-state index contributed by atoms with van der Waals surface area (Å²) >= 11 is 0. The van der Waals surface area contributed by atoms with E-state index < -0.39 is 0 Å². The van der Waals surface area contributed by atoms with Crippen LogP contribution < -0.4 is 5.56 Å². The number of aromatic nitrogens is 5. The maximum atomic E-state index is 13.2. The maximum Gasteiger partial charge on any atom is 0.274 e. The van der Waals surface area contributed by atoms with E-state index in [4.69, 9.17) is 19.7 Å². The first-order valence-electron chi connectivity index (χ1n) is 13.1. The van der Waals surface area contributed by atoms with Crippen molar-refractivity contribution in [1.82, 2.24) is 24.1 Å². The van der Waals surface area contributed by atoms with Gasteiger partial charge in [0.2, 0.25) is 0 Å². The van der Waals surface area contributed by atoms with Gasteiger partial charge in [-0.3, -0.25) is 9.36 Å². The zero-order valence-electron chi connectivity index (χ0n) is 23.1. The van der Waals surface area contributed by atoms with Crippen LogP contribution in [0.1, 0.15) is 88.5 Å². The Hall–Kier alpha value is -3.06. The van der Waals surface area contributed by atoms with Crippen LogP contribution in [0.5, 0.6) is 0 Å². The molecule has 0 saturated heterocycles. The smallest absolute Gasteiger partial charge is 0.274 e. The minimum absolute atomic E-state index is 0.0132. The van der Waals surface area contributed by atoms with E-state index in [9.17, 15) is 4.79 Å². The average Bonchev–Trinajstić information content (AvgIpc) is 3.15. The van der Waals surface area contributed by atoms with E-state index in [1.807, 2.05) is 27.7 Å². The van der Waals surface area contributed by atoms with Crippen LogP contribution in [0.25, 0.3) is 33.5 Å². The van der Waals surface area contributed by atoms with E-state index in [0.717, 1.165) is 57.5 Å². The van der Waals surface area contributed by atoms with E-state index in [2.05, 4.69) is 50.6 Å². The van der Waals surface area contributed by atoms with Crippen LogP contribution in [-0.2, 0) is 11.2 Å². The van der Waals surface area contributed by atoms with Gasteiger partial charge in [0.05, 0.1) is 35.1 Å². The second-order valence-corrected chi connectivity index (χ2v) is 10.4. The van der Waals surface area contributed by atoms with Crippen molar-refractivity contribution < 1.29 is 4.74 Å². The molecule has 0 bridgehead atoms. The number of aryl methyl sites for hydroxylation is 3. The Labute approximate surface area is 213 Å². The van der Waals surface area contributed by atoms with Crippen molar-refractivity contribution in [1.29, 1.82) is 0 Å². The lowest BCUT2D eigenvalue weighted by atomic mass is 10.0. The Balaban J connectivity index is 2.00. The molecule has 0 unspecified atom stereocenters. The molecule has 7 heteroatoms. The molecule has 192 valence electrons. The lowest BCUT2D eigenvalue weighted by Crippen LogP contribution is -2.28. The summed E-state index contributed by atoms with van der Waals surface area (Å²) in [5.74, 6) is 0.0263. The lowest BCUT2D eigenvalue weighted by molar-refractivity contribution is 0.155. The lowest BCUT2D eigenvalue weighted by Gasteiger charge is -2.19. The van der Waals surface area contributed by atoms with Crippen molar-refractivity contribution >= 4 is 22.2 Å². The topological polar surface area (TPSA) is 74.8 Å². The minimum atomic E-state index is -0.0518. The van der Waals surface area contributed by atoms with Gasteiger partial charge in [-0.15, -0.1) is 0 Å². The summed E-state index contributed by atoms with van der Waals surface area (Å²) in [6, 6.07) is 4.56. The number of hydrogen-bond acceptors (Lipinski definition) is 5. The third-order valence-electron chi connectivity index (χ3n) is 7.02. The SMILES string of the molecule is CCc1nc2c(cc1-c1nc3c(C)cn([C@H](CC)COC)c3cc1C)nc(C(C)C)c(=O)n2C(C)C. The molecule has 0 aliphatic carbocycles. The Morgan fingerprint density at radius 1 is 1.00 bits per heavy atom. The number of fused-ring (bicyclic) bond motifs is 2. The first kappa shape index (κ1) is 26.0. The highest BCUT2D eigenvalue weighted by molar-refractivity contribution is 5.86. The van der Waals surface area contributed by atoms with Crippen LogP contribution in [0.4, 0.5) is 0 Å². The average molecular weight is 490 g/mol. The van der Waals surface area contributed by atoms with Crippen LogP contribution in [0.3, 0.4) is 0 Å². The van der Waals surface area contributed by atoms with Crippen molar-refractivity contribution in [3.05, 3.63) is 51.2 Å². The minimum Gasteiger partial charge on any atom is -0.383 e. The van der Waals surface area contributed by atoms with Gasteiger partial charge in [0.1, 0.15) is 11.2 Å². The number of hydrogen-bond donors (Lipinski definition) is 0. The molecule has 0 fully saturated rings. The van der Waals surface area contributed by atoms with Crippen molar-refractivity contribution in [3.8, 4) is 11.3 Å². The summed E-state index contributed by atoms with van der Waals surface area (Å²) in [5.41, 5.74) is 9.08. The first-order chi connectivity index (χ1) is 17.1. The monoisotopic (exact) mass is 489 g/mol. The molecular weight excluding hydrogens is 450 g/mol. The molecule has 0 radical (unpaired) electrons. The summed E-state index contributed by atoms with van der Waals surface area (Å²) in [4.78, 5) is 28.2. The molecule has 0 aromatic carbocycles. The summed E-state index contributed by atoms with van der Waals surface area (Å²) < 4.78 is 9.57. The van der Waals surface area contributed by atoms with Gasteiger partial charge in [-0.05, 0) is 63.8 Å². The van der Waals surface area contributed by atoms with E-state index in [-0.39, 0.29) is 23.6 Å². The molecule has 4 rings (SSSR count). The zero-order valence-corrected chi connectivity index (χ0v) is 23.1. The number of rotatable bonds is 8. The van der Waals surface area contributed by atoms with E-state index in [1.165, 1.54) is 0 Å². The molecule has 4 heterocycles. The normalized spacial score (nSPS) is 13.0. The van der Waals surface area contributed by atoms with Gasteiger partial charge < -0.3 is 9.30 Å². The van der Waals surface area contributed by atoms with Crippen LogP contribution in [0.2, 0.25) is 0 Å². The first-order valence-corrected chi connectivity index (χ1v) is 13.1. The fourth-order valence-corrected chi connectivity index (χ4v) is 5.10. The van der Waals surface area contributed by atoms with E-state index in [1.54, 1.807) is 11.7 Å². The van der Waals surface area contributed by atoms with Crippen molar-refractivity contribution in [3.63, 3.8) is 0 Å². The summed E-state index contributed by atoms with van der Waals surface area (Å²) in [6.45, 7) is 17.2. The number of ether oxygens (including phenoxy) is 1. The van der Waals surface area contributed by atoms with Crippen LogP contribution in [-0.4, -0.2) is 37.8 Å². The van der Waals surface area contributed by atoms with Gasteiger partial charge in [0.25, 0.3) is 5.56 Å². The summed E-state index contributed by atoms with van der Waals surface area (Å²) in [7, 11) is 1.75. The number of pyridine rings is 2. The van der Waals surface area contributed by atoms with Crippen LogP contribution in [0, 0.1) is 13.8 Å². The molecular formula is C29H39N5O2. The van der Waals surface area contributed by atoms with Crippen LogP contribution in [0.15, 0.2) is 23.1 Å². The second-order valence-electron chi connectivity index (χ2n) is 10.4. The molecule has 7 nitrogen and oxygen atoms in total. The van der Waals surface area contributed by atoms with Gasteiger partial charge in [0, 0.05) is 30.8 Å². The maximum absolute atomic E-state index is 13.2. The van der Waals surface area contributed by atoms with Gasteiger partial charge >= 0.3 is 0 Å². The highest BCUT2D eigenvalue weighted by Crippen LogP contribution is 2.33. The molecule has 36 heavy (non-hydrogen) atoms. The van der Waals surface area contributed by atoms with E-state index >= 15 is 0 Å². The Morgan fingerprint density at radius 3 is 2.31 bits per heavy atom.